The summed E-state index contributed by atoms with van der Waals surface area (Å²) in [6, 6.07) is 13.4. The van der Waals surface area contributed by atoms with Gasteiger partial charge in [-0.2, -0.15) is 0 Å². The van der Waals surface area contributed by atoms with E-state index in [1.807, 2.05) is 37.3 Å². The van der Waals surface area contributed by atoms with Crippen LogP contribution < -0.4 is 10.1 Å². The first-order valence-electron chi connectivity index (χ1n) is 9.99. The van der Waals surface area contributed by atoms with Crippen LogP contribution in [0.5, 0.6) is 5.75 Å². The van der Waals surface area contributed by atoms with Crippen molar-refractivity contribution < 1.29 is 18.7 Å². The average molecular weight is 429 g/mol. The van der Waals surface area contributed by atoms with E-state index >= 15 is 0 Å². The van der Waals surface area contributed by atoms with E-state index in [9.17, 15) is 4.79 Å². The van der Waals surface area contributed by atoms with Crippen molar-refractivity contribution in [1.29, 1.82) is 0 Å². The van der Waals surface area contributed by atoms with Crippen LogP contribution in [-0.4, -0.2) is 50.8 Å². The molecule has 0 bridgehead atoms. The normalized spacial score (nSPS) is 15.8. The molecule has 1 aliphatic rings. The third kappa shape index (κ3) is 4.31. The number of methoxy groups -OCH3 is 1. The lowest BCUT2D eigenvalue weighted by Gasteiger charge is -2.35. The first-order chi connectivity index (χ1) is 14.6. The van der Waals surface area contributed by atoms with Crippen LogP contribution in [0.3, 0.4) is 0 Å². The van der Waals surface area contributed by atoms with Crippen LogP contribution in [-0.2, 0) is 4.74 Å². The van der Waals surface area contributed by atoms with Gasteiger partial charge in [0.25, 0.3) is 5.91 Å². The number of hydrogen-bond acceptors (Lipinski definition) is 5. The van der Waals surface area contributed by atoms with E-state index in [4.69, 9.17) is 25.5 Å². The van der Waals surface area contributed by atoms with Crippen LogP contribution in [0.15, 0.2) is 46.9 Å². The van der Waals surface area contributed by atoms with Crippen LogP contribution in [0, 0.1) is 6.92 Å². The molecule has 1 fully saturated rings. The second-order valence-electron chi connectivity index (χ2n) is 7.34. The number of amides is 1. The van der Waals surface area contributed by atoms with Crippen LogP contribution in [0.1, 0.15) is 27.7 Å². The standard InChI is InChI=1S/C23H25ClN2O4/c1-15-19-13-17(24)5-8-21(19)30-22(15)23(27)25-14-20(26-9-11-29-12-10-26)16-3-6-18(28-2)7-4-16/h3-8,13,20H,9-12,14H2,1-2H3,(H,25,27)/t20-/m0/s1. The number of rotatable bonds is 6. The van der Waals surface area contributed by atoms with E-state index in [1.165, 1.54) is 0 Å². The highest BCUT2D eigenvalue weighted by Gasteiger charge is 2.25. The molecule has 1 aliphatic heterocycles. The third-order valence-corrected chi connectivity index (χ3v) is 5.78. The first kappa shape index (κ1) is 20.7. The lowest BCUT2D eigenvalue weighted by molar-refractivity contribution is 0.0161. The van der Waals surface area contributed by atoms with Crippen molar-refractivity contribution in [3.8, 4) is 5.75 Å². The zero-order valence-corrected chi connectivity index (χ0v) is 17.9. The van der Waals surface area contributed by atoms with Gasteiger partial charge in [-0.1, -0.05) is 23.7 Å². The number of hydrogen-bond donors (Lipinski definition) is 1. The highest BCUT2D eigenvalue weighted by atomic mass is 35.5. The summed E-state index contributed by atoms with van der Waals surface area (Å²) < 4.78 is 16.6. The Kier molecular flexibility index (Phi) is 6.27. The second-order valence-corrected chi connectivity index (χ2v) is 7.78. The van der Waals surface area contributed by atoms with E-state index in [1.54, 1.807) is 19.2 Å². The Morgan fingerprint density at radius 3 is 2.63 bits per heavy atom. The maximum Gasteiger partial charge on any atom is 0.287 e. The Balaban J connectivity index is 1.54. The fourth-order valence-corrected chi connectivity index (χ4v) is 4.02. The zero-order valence-electron chi connectivity index (χ0n) is 17.1. The summed E-state index contributed by atoms with van der Waals surface area (Å²) in [6.07, 6.45) is 0. The van der Waals surface area contributed by atoms with Gasteiger partial charge in [0.05, 0.1) is 26.4 Å². The van der Waals surface area contributed by atoms with Crippen LogP contribution in [0.2, 0.25) is 5.02 Å². The van der Waals surface area contributed by atoms with Crippen molar-refractivity contribution in [2.45, 2.75) is 13.0 Å². The van der Waals surface area contributed by atoms with Gasteiger partial charge in [-0.15, -0.1) is 0 Å². The SMILES string of the molecule is COc1ccc([C@H](CNC(=O)c2oc3ccc(Cl)cc3c2C)N2CCOCC2)cc1. The van der Waals surface area contributed by atoms with E-state index in [-0.39, 0.29) is 11.9 Å². The van der Waals surface area contributed by atoms with Gasteiger partial charge in [0.2, 0.25) is 0 Å². The van der Waals surface area contributed by atoms with E-state index in [0.717, 1.165) is 35.4 Å². The first-order valence-corrected chi connectivity index (χ1v) is 10.4. The molecule has 0 aliphatic carbocycles. The molecule has 1 N–H and O–H groups in total. The van der Waals surface area contributed by atoms with Crippen molar-refractivity contribution in [1.82, 2.24) is 10.2 Å². The van der Waals surface area contributed by atoms with Crippen LogP contribution in [0.4, 0.5) is 0 Å². The molecule has 1 saturated heterocycles. The number of morpholine rings is 1. The number of ether oxygens (including phenoxy) is 2. The number of benzene rings is 2. The highest BCUT2D eigenvalue weighted by Crippen LogP contribution is 2.28. The molecule has 0 radical (unpaired) electrons. The summed E-state index contributed by atoms with van der Waals surface area (Å²) in [5.74, 6) is 0.898. The van der Waals surface area contributed by atoms with E-state index in [2.05, 4.69) is 10.2 Å². The van der Waals surface area contributed by atoms with Gasteiger partial charge in [-0.05, 0) is 42.8 Å². The minimum Gasteiger partial charge on any atom is -0.497 e. The molecule has 1 amide bonds. The van der Waals surface area contributed by atoms with Crippen molar-refractivity contribution in [2.75, 3.05) is 40.0 Å². The van der Waals surface area contributed by atoms with Crippen LogP contribution >= 0.6 is 11.6 Å². The van der Waals surface area contributed by atoms with Gasteiger partial charge < -0.3 is 19.2 Å². The molecular weight excluding hydrogens is 404 g/mol. The molecule has 6 nitrogen and oxygen atoms in total. The predicted octanol–water partition coefficient (Wildman–Crippen LogP) is 4.21. The highest BCUT2D eigenvalue weighted by molar-refractivity contribution is 6.31. The smallest absolute Gasteiger partial charge is 0.287 e. The fraction of sp³-hybridized carbons (Fsp3) is 0.348. The van der Waals surface area contributed by atoms with Gasteiger partial charge in [0.1, 0.15) is 11.3 Å². The zero-order chi connectivity index (χ0) is 21.1. The molecular formula is C23H25ClN2O4. The molecule has 7 heteroatoms. The van der Waals surface area contributed by atoms with Crippen molar-refractivity contribution in [2.24, 2.45) is 0 Å². The second kappa shape index (κ2) is 9.08. The summed E-state index contributed by atoms with van der Waals surface area (Å²) in [4.78, 5) is 15.3. The molecule has 158 valence electrons. The Hall–Kier alpha value is -2.54. The molecule has 0 saturated carbocycles. The van der Waals surface area contributed by atoms with Crippen molar-refractivity contribution >= 4 is 28.5 Å². The van der Waals surface area contributed by atoms with Gasteiger partial charge in [0.15, 0.2) is 5.76 Å². The van der Waals surface area contributed by atoms with Gasteiger partial charge in [0, 0.05) is 35.6 Å². The fourth-order valence-electron chi connectivity index (χ4n) is 3.85. The molecule has 0 unspecified atom stereocenters. The summed E-state index contributed by atoms with van der Waals surface area (Å²) in [5.41, 5.74) is 2.56. The van der Waals surface area contributed by atoms with Crippen LogP contribution in [0.25, 0.3) is 11.0 Å². The van der Waals surface area contributed by atoms with Crippen molar-refractivity contribution in [3.05, 3.63) is 64.4 Å². The maximum absolute atomic E-state index is 12.9. The molecule has 3 aromatic rings. The summed E-state index contributed by atoms with van der Waals surface area (Å²) in [6.45, 7) is 5.33. The lowest BCUT2D eigenvalue weighted by atomic mass is 10.0. The topological polar surface area (TPSA) is 63.9 Å². The predicted molar refractivity (Wildman–Crippen MR) is 116 cm³/mol. The van der Waals surface area contributed by atoms with E-state index < -0.39 is 0 Å². The number of nitrogens with one attached hydrogen (secondary N) is 1. The van der Waals surface area contributed by atoms with E-state index in [0.29, 0.717) is 36.1 Å². The summed E-state index contributed by atoms with van der Waals surface area (Å²) in [7, 11) is 1.65. The molecule has 1 atom stereocenters. The number of halogens is 1. The summed E-state index contributed by atoms with van der Waals surface area (Å²) in [5, 5.41) is 4.53. The summed E-state index contributed by atoms with van der Waals surface area (Å²) >= 11 is 6.09. The maximum atomic E-state index is 12.9. The Labute approximate surface area is 180 Å². The number of fused-ring (bicyclic) bond motifs is 1. The average Bonchev–Trinajstić information content (AvgIpc) is 3.11. The third-order valence-electron chi connectivity index (χ3n) is 5.55. The Morgan fingerprint density at radius 1 is 1.20 bits per heavy atom. The molecule has 2 heterocycles. The lowest BCUT2D eigenvalue weighted by Crippen LogP contribution is -2.43. The molecule has 2 aromatic carbocycles. The number of aryl methyl sites for hydroxylation is 1. The number of carbonyl (C=O) groups is 1. The minimum atomic E-state index is -0.230. The monoisotopic (exact) mass is 428 g/mol. The minimum absolute atomic E-state index is 0.0304. The number of carbonyl (C=O) groups excluding carboxylic acids is 1. The Morgan fingerprint density at radius 2 is 1.93 bits per heavy atom. The molecule has 30 heavy (non-hydrogen) atoms. The van der Waals surface area contributed by atoms with Gasteiger partial charge >= 0.3 is 0 Å². The largest absolute Gasteiger partial charge is 0.497 e. The Bertz CT molecular complexity index is 1030. The molecule has 1 aromatic heterocycles. The van der Waals surface area contributed by atoms with Gasteiger partial charge in [-0.25, -0.2) is 0 Å². The van der Waals surface area contributed by atoms with Gasteiger partial charge in [-0.3, -0.25) is 9.69 Å². The molecule has 0 spiro atoms. The quantitative estimate of drug-likeness (QED) is 0.637. The number of nitrogens with zero attached hydrogens (tertiary/aromatic N) is 1. The number of furan rings is 1. The van der Waals surface area contributed by atoms with Crippen molar-refractivity contribution in [3.63, 3.8) is 0 Å². The molecule has 4 rings (SSSR count).